The summed E-state index contributed by atoms with van der Waals surface area (Å²) in [4.78, 5) is 16.5. The van der Waals surface area contributed by atoms with Crippen molar-refractivity contribution >= 4 is 11.6 Å². The van der Waals surface area contributed by atoms with Crippen molar-refractivity contribution in [2.45, 2.75) is 19.4 Å². The van der Waals surface area contributed by atoms with Crippen LogP contribution in [0.25, 0.3) is 0 Å². The number of nitrogens with two attached hydrogens (primary N) is 1. The fourth-order valence-corrected chi connectivity index (χ4v) is 2.34. The predicted molar refractivity (Wildman–Crippen MR) is 73.6 cm³/mol. The molecule has 0 aliphatic carbocycles. The second kappa shape index (κ2) is 4.98. The lowest BCUT2D eigenvalue weighted by molar-refractivity contribution is 0.0783. The molecule has 0 spiro atoms. The molecule has 1 atom stereocenters. The fraction of sp³-hybridized carbons (Fsp3) is 0.500. The quantitative estimate of drug-likeness (QED) is 0.803. The van der Waals surface area contributed by atoms with E-state index in [0.29, 0.717) is 6.04 Å². The second-order valence-electron chi connectivity index (χ2n) is 5.23. The Bertz CT molecular complexity index is 456. The number of aryl methyl sites for hydroxylation is 1. The van der Waals surface area contributed by atoms with Gasteiger partial charge in [0.15, 0.2) is 0 Å². The highest BCUT2D eigenvalue weighted by Gasteiger charge is 2.28. The van der Waals surface area contributed by atoms with Gasteiger partial charge in [0, 0.05) is 30.4 Å². The van der Waals surface area contributed by atoms with E-state index in [-0.39, 0.29) is 5.91 Å². The van der Waals surface area contributed by atoms with Crippen LogP contribution in [0.3, 0.4) is 0 Å². The lowest BCUT2D eigenvalue weighted by atomic mass is 10.1. The predicted octanol–water partition coefficient (Wildman–Crippen LogP) is 1.35. The number of likely N-dealkylation sites (N-methyl/N-ethyl adjacent to an activating group) is 1. The van der Waals surface area contributed by atoms with E-state index in [0.717, 1.165) is 36.3 Å². The molecule has 0 aromatic heterocycles. The van der Waals surface area contributed by atoms with Gasteiger partial charge in [-0.05, 0) is 51.2 Å². The van der Waals surface area contributed by atoms with Gasteiger partial charge in [-0.2, -0.15) is 0 Å². The van der Waals surface area contributed by atoms with Crippen LogP contribution in [0, 0.1) is 6.92 Å². The first-order valence-electron chi connectivity index (χ1n) is 6.31. The summed E-state index contributed by atoms with van der Waals surface area (Å²) in [5, 5.41) is 0. The summed E-state index contributed by atoms with van der Waals surface area (Å²) in [6.45, 7) is 3.58. The van der Waals surface area contributed by atoms with Gasteiger partial charge in [0.2, 0.25) is 0 Å². The molecule has 1 amide bonds. The molecule has 1 saturated heterocycles. The highest BCUT2D eigenvalue weighted by atomic mass is 16.2. The van der Waals surface area contributed by atoms with Gasteiger partial charge < -0.3 is 15.5 Å². The first-order valence-corrected chi connectivity index (χ1v) is 6.31. The minimum atomic E-state index is 0.113. The number of amides is 1. The molecule has 0 radical (unpaired) electrons. The number of rotatable bonds is 2. The van der Waals surface area contributed by atoms with Crippen molar-refractivity contribution in [2.75, 3.05) is 32.9 Å². The van der Waals surface area contributed by atoms with Gasteiger partial charge in [-0.1, -0.05) is 0 Å². The Morgan fingerprint density at radius 2 is 2.17 bits per heavy atom. The van der Waals surface area contributed by atoms with E-state index >= 15 is 0 Å². The maximum Gasteiger partial charge on any atom is 0.253 e. The van der Waals surface area contributed by atoms with Crippen LogP contribution in [0.4, 0.5) is 5.69 Å². The van der Waals surface area contributed by atoms with E-state index < -0.39 is 0 Å². The first kappa shape index (κ1) is 12.9. The van der Waals surface area contributed by atoms with Crippen LogP contribution in [0.1, 0.15) is 22.3 Å². The maximum atomic E-state index is 12.3. The Balaban J connectivity index is 2.10. The van der Waals surface area contributed by atoms with Crippen LogP contribution in [-0.2, 0) is 0 Å². The summed E-state index contributed by atoms with van der Waals surface area (Å²) in [6.07, 6.45) is 1.05. The average molecular weight is 247 g/mol. The second-order valence-corrected chi connectivity index (χ2v) is 5.23. The molecular formula is C14H21N3O. The molecule has 1 aromatic carbocycles. The molecule has 1 heterocycles. The molecular weight excluding hydrogens is 226 g/mol. The zero-order chi connectivity index (χ0) is 13.3. The first-order chi connectivity index (χ1) is 8.49. The lowest BCUT2D eigenvalue weighted by Crippen LogP contribution is -2.34. The minimum Gasteiger partial charge on any atom is -0.399 e. The molecule has 0 saturated carbocycles. The highest BCUT2D eigenvalue weighted by Crippen LogP contribution is 2.19. The smallest absolute Gasteiger partial charge is 0.253 e. The number of hydrogen-bond acceptors (Lipinski definition) is 3. The van der Waals surface area contributed by atoms with Crippen molar-refractivity contribution in [3.8, 4) is 0 Å². The number of carbonyl (C=O) groups is 1. The van der Waals surface area contributed by atoms with Crippen LogP contribution in [0.5, 0.6) is 0 Å². The van der Waals surface area contributed by atoms with E-state index in [1.165, 1.54) is 0 Å². The van der Waals surface area contributed by atoms with Crippen LogP contribution < -0.4 is 5.73 Å². The number of benzene rings is 1. The van der Waals surface area contributed by atoms with Crippen molar-refractivity contribution < 1.29 is 4.79 Å². The summed E-state index contributed by atoms with van der Waals surface area (Å²) in [6, 6.07) is 5.97. The maximum absolute atomic E-state index is 12.3. The zero-order valence-electron chi connectivity index (χ0n) is 11.3. The van der Waals surface area contributed by atoms with E-state index in [1.54, 1.807) is 0 Å². The summed E-state index contributed by atoms with van der Waals surface area (Å²) < 4.78 is 0. The number of nitrogens with zero attached hydrogens (tertiary/aromatic N) is 2. The van der Waals surface area contributed by atoms with Crippen LogP contribution in [0.2, 0.25) is 0 Å². The summed E-state index contributed by atoms with van der Waals surface area (Å²) in [5.41, 5.74) is 8.21. The molecule has 4 nitrogen and oxygen atoms in total. The van der Waals surface area contributed by atoms with Crippen LogP contribution >= 0.6 is 0 Å². The normalized spacial score (nSPS) is 19.6. The molecule has 1 fully saturated rings. The van der Waals surface area contributed by atoms with Gasteiger partial charge in [-0.15, -0.1) is 0 Å². The SMILES string of the molecule is Cc1cc(C(=O)N2CCC(N(C)C)C2)ccc1N. The van der Waals surface area contributed by atoms with Crippen LogP contribution in [0.15, 0.2) is 18.2 Å². The van der Waals surface area contributed by atoms with Gasteiger partial charge in [0.1, 0.15) is 0 Å². The molecule has 0 bridgehead atoms. The van der Waals surface area contributed by atoms with Crippen molar-refractivity contribution in [1.82, 2.24) is 9.80 Å². The third-order valence-electron chi connectivity index (χ3n) is 3.70. The van der Waals surface area contributed by atoms with Gasteiger partial charge in [0.05, 0.1) is 0 Å². The average Bonchev–Trinajstić information content (AvgIpc) is 2.81. The number of carbonyl (C=O) groups excluding carboxylic acids is 1. The van der Waals surface area contributed by atoms with Gasteiger partial charge in [-0.3, -0.25) is 4.79 Å². The van der Waals surface area contributed by atoms with E-state index in [9.17, 15) is 4.79 Å². The van der Waals surface area contributed by atoms with E-state index in [2.05, 4.69) is 19.0 Å². The van der Waals surface area contributed by atoms with Crippen molar-refractivity contribution in [3.63, 3.8) is 0 Å². The van der Waals surface area contributed by atoms with Gasteiger partial charge in [0.25, 0.3) is 5.91 Å². The zero-order valence-corrected chi connectivity index (χ0v) is 11.3. The highest BCUT2D eigenvalue weighted by molar-refractivity contribution is 5.95. The number of likely N-dealkylation sites (tertiary alicyclic amines) is 1. The fourth-order valence-electron chi connectivity index (χ4n) is 2.34. The molecule has 1 unspecified atom stereocenters. The molecule has 18 heavy (non-hydrogen) atoms. The molecule has 4 heteroatoms. The van der Waals surface area contributed by atoms with Gasteiger partial charge >= 0.3 is 0 Å². The summed E-state index contributed by atoms with van der Waals surface area (Å²) >= 11 is 0. The molecule has 1 aliphatic rings. The van der Waals surface area contributed by atoms with Crippen molar-refractivity contribution in [1.29, 1.82) is 0 Å². The number of nitrogen functional groups attached to an aromatic ring is 1. The molecule has 98 valence electrons. The number of anilines is 1. The van der Waals surface area contributed by atoms with Crippen molar-refractivity contribution in [2.24, 2.45) is 0 Å². The largest absolute Gasteiger partial charge is 0.399 e. The topological polar surface area (TPSA) is 49.6 Å². The molecule has 1 aliphatic heterocycles. The van der Waals surface area contributed by atoms with Gasteiger partial charge in [-0.25, -0.2) is 0 Å². The third kappa shape index (κ3) is 2.48. The molecule has 2 N–H and O–H groups in total. The monoisotopic (exact) mass is 247 g/mol. The Kier molecular flexibility index (Phi) is 3.57. The Labute approximate surface area is 108 Å². The van der Waals surface area contributed by atoms with Crippen molar-refractivity contribution in [3.05, 3.63) is 29.3 Å². The molecule has 2 rings (SSSR count). The third-order valence-corrected chi connectivity index (χ3v) is 3.70. The Morgan fingerprint density at radius 1 is 1.44 bits per heavy atom. The van der Waals surface area contributed by atoms with E-state index in [1.807, 2.05) is 30.0 Å². The van der Waals surface area contributed by atoms with E-state index in [4.69, 9.17) is 5.73 Å². The van der Waals surface area contributed by atoms with Crippen LogP contribution in [-0.4, -0.2) is 48.9 Å². The number of hydrogen-bond donors (Lipinski definition) is 1. The summed E-state index contributed by atoms with van der Waals surface area (Å²) in [7, 11) is 4.12. The Morgan fingerprint density at radius 3 is 2.72 bits per heavy atom. The minimum absolute atomic E-state index is 0.113. The lowest BCUT2D eigenvalue weighted by Gasteiger charge is -2.20. The molecule has 1 aromatic rings. The Hall–Kier alpha value is -1.55. The summed E-state index contributed by atoms with van der Waals surface area (Å²) in [5.74, 6) is 0.113. The standard InChI is InChI=1S/C14H21N3O/c1-10-8-11(4-5-13(10)15)14(18)17-7-6-12(9-17)16(2)3/h4-5,8,12H,6-7,9,15H2,1-3H3.